The molecule has 1 atom stereocenters. The Bertz CT molecular complexity index is 211. The molecule has 0 aromatic rings. The summed E-state index contributed by atoms with van der Waals surface area (Å²) in [4.78, 5) is 13.9. The maximum atomic E-state index is 11.7. The van der Waals surface area contributed by atoms with Crippen molar-refractivity contribution >= 4 is 5.91 Å². The Balaban J connectivity index is 1.90. The number of carbonyl (C=O) groups excluding carboxylic acids is 1. The summed E-state index contributed by atoms with van der Waals surface area (Å²) < 4.78 is 0. The van der Waals surface area contributed by atoms with Crippen LogP contribution in [0.25, 0.3) is 0 Å². The van der Waals surface area contributed by atoms with Crippen molar-refractivity contribution in [3.63, 3.8) is 0 Å². The quantitative estimate of drug-likeness (QED) is 0.730. The second-order valence-corrected chi connectivity index (χ2v) is 4.61. The van der Waals surface area contributed by atoms with Crippen LogP contribution >= 0.6 is 0 Å². The largest absolute Gasteiger partial charge is 0.339 e. The highest BCUT2D eigenvalue weighted by atomic mass is 16.2. The van der Waals surface area contributed by atoms with Gasteiger partial charge in [0.2, 0.25) is 5.91 Å². The molecule has 1 amide bonds. The molecule has 1 unspecified atom stereocenters. The number of nitrogens with one attached hydrogen (secondary N) is 1. The Morgan fingerprint density at radius 2 is 2.14 bits per heavy atom. The zero-order valence-electron chi connectivity index (χ0n) is 8.96. The van der Waals surface area contributed by atoms with Crippen LogP contribution in [0.3, 0.4) is 0 Å². The average molecular weight is 196 g/mol. The van der Waals surface area contributed by atoms with Gasteiger partial charge in [-0.05, 0) is 32.4 Å². The summed E-state index contributed by atoms with van der Waals surface area (Å²) in [5, 5.41) is 3.16. The topological polar surface area (TPSA) is 32.3 Å². The summed E-state index contributed by atoms with van der Waals surface area (Å²) >= 11 is 0. The summed E-state index contributed by atoms with van der Waals surface area (Å²) in [6.45, 7) is 1.97. The Morgan fingerprint density at radius 1 is 1.43 bits per heavy atom. The van der Waals surface area contributed by atoms with E-state index in [9.17, 15) is 4.79 Å². The highest BCUT2D eigenvalue weighted by Crippen LogP contribution is 2.28. The number of likely N-dealkylation sites (tertiary alicyclic amines) is 1. The molecule has 0 aromatic carbocycles. The van der Waals surface area contributed by atoms with E-state index >= 15 is 0 Å². The van der Waals surface area contributed by atoms with Gasteiger partial charge < -0.3 is 10.2 Å². The Labute approximate surface area is 85.8 Å². The van der Waals surface area contributed by atoms with Gasteiger partial charge in [0.1, 0.15) is 0 Å². The average Bonchev–Trinajstić information content (AvgIpc) is 2.74. The highest BCUT2D eigenvalue weighted by Gasteiger charge is 2.34. The van der Waals surface area contributed by atoms with E-state index in [0.29, 0.717) is 17.9 Å². The smallest absolute Gasteiger partial charge is 0.223 e. The standard InChI is InChI=1S/C11H20N2O/c1-12-7-9-6-11(14)13(8-9)10-4-2-3-5-10/h9-10,12H,2-8H2,1H3. The molecule has 0 radical (unpaired) electrons. The molecule has 2 fully saturated rings. The van der Waals surface area contributed by atoms with Crippen molar-refractivity contribution in [3.05, 3.63) is 0 Å². The van der Waals surface area contributed by atoms with Crippen LogP contribution in [0.4, 0.5) is 0 Å². The number of hydrogen-bond donors (Lipinski definition) is 1. The van der Waals surface area contributed by atoms with Crippen LogP contribution in [-0.4, -0.2) is 37.0 Å². The number of nitrogens with zero attached hydrogens (tertiary/aromatic N) is 1. The minimum atomic E-state index is 0.386. The first-order valence-corrected chi connectivity index (χ1v) is 5.75. The fraction of sp³-hybridized carbons (Fsp3) is 0.909. The van der Waals surface area contributed by atoms with Crippen molar-refractivity contribution in [1.82, 2.24) is 10.2 Å². The van der Waals surface area contributed by atoms with E-state index in [1.807, 2.05) is 7.05 Å². The number of hydrogen-bond acceptors (Lipinski definition) is 2. The molecule has 1 aliphatic carbocycles. The highest BCUT2D eigenvalue weighted by molar-refractivity contribution is 5.79. The van der Waals surface area contributed by atoms with Crippen molar-refractivity contribution in [1.29, 1.82) is 0 Å². The van der Waals surface area contributed by atoms with Crippen molar-refractivity contribution in [2.75, 3.05) is 20.1 Å². The van der Waals surface area contributed by atoms with Gasteiger partial charge in [-0.3, -0.25) is 4.79 Å². The van der Waals surface area contributed by atoms with Gasteiger partial charge in [0.05, 0.1) is 0 Å². The summed E-state index contributed by atoms with van der Waals surface area (Å²) in [5.41, 5.74) is 0. The second-order valence-electron chi connectivity index (χ2n) is 4.61. The van der Waals surface area contributed by atoms with Crippen LogP contribution in [-0.2, 0) is 4.79 Å². The first kappa shape index (κ1) is 9.97. The van der Waals surface area contributed by atoms with Gasteiger partial charge >= 0.3 is 0 Å². The van der Waals surface area contributed by atoms with Crippen molar-refractivity contribution in [3.8, 4) is 0 Å². The molecule has 80 valence electrons. The normalized spacial score (nSPS) is 29.1. The van der Waals surface area contributed by atoms with E-state index in [1.54, 1.807) is 0 Å². The van der Waals surface area contributed by atoms with Gasteiger partial charge in [-0.1, -0.05) is 12.8 Å². The molecule has 0 spiro atoms. The summed E-state index contributed by atoms with van der Waals surface area (Å²) in [7, 11) is 1.96. The Kier molecular flexibility index (Phi) is 3.06. The van der Waals surface area contributed by atoms with Crippen LogP contribution in [0.1, 0.15) is 32.1 Å². The minimum absolute atomic E-state index is 0.386. The van der Waals surface area contributed by atoms with Crippen LogP contribution < -0.4 is 5.32 Å². The molecular weight excluding hydrogens is 176 g/mol. The predicted octanol–water partition coefficient (Wildman–Crippen LogP) is 0.997. The zero-order valence-corrected chi connectivity index (χ0v) is 8.96. The molecule has 3 nitrogen and oxygen atoms in total. The minimum Gasteiger partial charge on any atom is -0.339 e. The summed E-state index contributed by atoms with van der Waals surface area (Å²) in [6.07, 6.45) is 5.85. The molecule has 0 aromatic heterocycles. The van der Waals surface area contributed by atoms with E-state index in [1.165, 1.54) is 25.7 Å². The van der Waals surface area contributed by atoms with Crippen LogP contribution in [0.15, 0.2) is 0 Å². The summed E-state index contributed by atoms with van der Waals surface area (Å²) in [6, 6.07) is 0.573. The lowest BCUT2D eigenvalue weighted by Gasteiger charge is -2.24. The number of carbonyl (C=O) groups is 1. The van der Waals surface area contributed by atoms with Crippen molar-refractivity contribution in [2.24, 2.45) is 5.92 Å². The SMILES string of the molecule is CNCC1CC(=O)N(C2CCCC2)C1. The van der Waals surface area contributed by atoms with Gasteiger partial charge in [0, 0.05) is 19.0 Å². The number of amides is 1. The monoisotopic (exact) mass is 196 g/mol. The van der Waals surface area contributed by atoms with Crippen LogP contribution in [0.2, 0.25) is 0 Å². The molecule has 1 aliphatic heterocycles. The van der Waals surface area contributed by atoms with Crippen molar-refractivity contribution in [2.45, 2.75) is 38.1 Å². The Morgan fingerprint density at radius 3 is 2.79 bits per heavy atom. The predicted molar refractivity (Wildman–Crippen MR) is 56.0 cm³/mol. The lowest BCUT2D eigenvalue weighted by Crippen LogP contribution is -2.35. The van der Waals surface area contributed by atoms with E-state index in [0.717, 1.165) is 19.5 Å². The van der Waals surface area contributed by atoms with E-state index < -0.39 is 0 Å². The lowest BCUT2D eigenvalue weighted by molar-refractivity contribution is -0.129. The third kappa shape index (κ3) is 1.92. The van der Waals surface area contributed by atoms with Gasteiger partial charge in [-0.25, -0.2) is 0 Å². The fourth-order valence-electron chi connectivity index (χ4n) is 2.80. The van der Waals surface area contributed by atoms with Crippen LogP contribution in [0, 0.1) is 5.92 Å². The first-order chi connectivity index (χ1) is 6.81. The molecule has 1 heterocycles. The maximum Gasteiger partial charge on any atom is 0.223 e. The van der Waals surface area contributed by atoms with Crippen molar-refractivity contribution < 1.29 is 4.79 Å². The maximum absolute atomic E-state index is 11.7. The Hall–Kier alpha value is -0.570. The molecular formula is C11H20N2O. The molecule has 2 rings (SSSR count). The van der Waals surface area contributed by atoms with Crippen LogP contribution in [0.5, 0.6) is 0 Å². The lowest BCUT2D eigenvalue weighted by atomic mass is 10.1. The van der Waals surface area contributed by atoms with Gasteiger partial charge in [-0.2, -0.15) is 0 Å². The summed E-state index contributed by atoms with van der Waals surface area (Å²) in [5.74, 6) is 0.935. The number of rotatable bonds is 3. The third-order valence-electron chi connectivity index (χ3n) is 3.50. The van der Waals surface area contributed by atoms with Gasteiger partial charge in [0.15, 0.2) is 0 Å². The molecule has 1 N–H and O–H groups in total. The molecule has 14 heavy (non-hydrogen) atoms. The molecule has 0 bridgehead atoms. The molecule has 2 aliphatic rings. The van der Waals surface area contributed by atoms with E-state index in [4.69, 9.17) is 0 Å². The fourth-order valence-corrected chi connectivity index (χ4v) is 2.80. The van der Waals surface area contributed by atoms with Gasteiger partial charge in [-0.15, -0.1) is 0 Å². The zero-order chi connectivity index (χ0) is 9.97. The third-order valence-corrected chi connectivity index (χ3v) is 3.50. The second kappa shape index (κ2) is 4.30. The van der Waals surface area contributed by atoms with Gasteiger partial charge in [0.25, 0.3) is 0 Å². The molecule has 3 heteroatoms. The van der Waals surface area contributed by atoms with E-state index in [2.05, 4.69) is 10.2 Å². The van der Waals surface area contributed by atoms with E-state index in [-0.39, 0.29) is 0 Å². The molecule has 1 saturated carbocycles. The molecule has 1 saturated heterocycles. The first-order valence-electron chi connectivity index (χ1n) is 5.75.